The Bertz CT molecular complexity index is 897. The third-order valence-electron chi connectivity index (χ3n) is 3.47. The highest BCUT2D eigenvalue weighted by Crippen LogP contribution is 2.24. The first-order chi connectivity index (χ1) is 12.6. The molecule has 0 aliphatic heterocycles. The number of nitrogens with one attached hydrogen (secondary N) is 2. The second-order valence-electron chi connectivity index (χ2n) is 5.33. The predicted octanol–water partition coefficient (Wildman–Crippen LogP) is 3.62. The second-order valence-corrected chi connectivity index (χ2v) is 6.63. The fraction of sp³-hybridized carbons (Fsp3) is 0.111. The van der Waals surface area contributed by atoms with Crippen molar-refractivity contribution >= 4 is 39.9 Å². The number of nitrogens with zero attached hydrogens (tertiary/aromatic N) is 2. The largest absolute Gasteiger partial charge is 0.352 e. The molecule has 0 saturated heterocycles. The molecule has 1 aromatic carbocycles. The van der Waals surface area contributed by atoms with Crippen LogP contribution in [0.4, 0.5) is 5.13 Å². The fourth-order valence-corrected chi connectivity index (χ4v) is 3.02. The molecule has 0 spiro atoms. The minimum absolute atomic E-state index is 0.156. The lowest BCUT2D eigenvalue weighted by Gasteiger charge is -2.05. The van der Waals surface area contributed by atoms with Crippen LogP contribution < -0.4 is 10.6 Å². The third-order valence-corrected chi connectivity index (χ3v) is 4.48. The Morgan fingerprint density at radius 2 is 1.81 bits per heavy atom. The molecule has 3 aromatic rings. The third kappa shape index (κ3) is 4.87. The minimum atomic E-state index is -0.247. The molecule has 0 bridgehead atoms. The molecule has 132 valence electrons. The first-order valence-corrected chi connectivity index (χ1v) is 9.07. The summed E-state index contributed by atoms with van der Waals surface area (Å²) in [6, 6.07) is 10.3. The van der Waals surface area contributed by atoms with Crippen molar-refractivity contribution in [3.63, 3.8) is 0 Å². The van der Waals surface area contributed by atoms with Crippen molar-refractivity contribution in [2.75, 3.05) is 11.9 Å². The van der Waals surface area contributed by atoms with Gasteiger partial charge in [-0.05, 0) is 36.4 Å². The average molecular weight is 387 g/mol. The Balaban J connectivity index is 1.46. The molecule has 2 aromatic heterocycles. The summed E-state index contributed by atoms with van der Waals surface area (Å²) >= 11 is 7.13. The maximum absolute atomic E-state index is 12.0. The lowest BCUT2D eigenvalue weighted by atomic mass is 10.2. The summed E-state index contributed by atoms with van der Waals surface area (Å²) in [6.45, 7) is 0.232. The van der Waals surface area contributed by atoms with E-state index in [-0.39, 0.29) is 24.8 Å². The van der Waals surface area contributed by atoms with Crippen molar-refractivity contribution in [2.24, 2.45) is 0 Å². The van der Waals surface area contributed by atoms with Crippen molar-refractivity contribution in [3.8, 4) is 11.3 Å². The van der Waals surface area contributed by atoms with Crippen LogP contribution in [0.25, 0.3) is 11.3 Å². The molecule has 0 atom stereocenters. The highest BCUT2D eigenvalue weighted by atomic mass is 35.5. The number of amides is 2. The van der Waals surface area contributed by atoms with Gasteiger partial charge in [0.2, 0.25) is 5.91 Å². The average Bonchev–Trinajstić information content (AvgIpc) is 3.11. The number of hydrogen-bond acceptors (Lipinski definition) is 5. The van der Waals surface area contributed by atoms with Crippen molar-refractivity contribution in [2.45, 2.75) is 6.42 Å². The first kappa shape index (κ1) is 18.0. The van der Waals surface area contributed by atoms with Gasteiger partial charge in [-0.25, -0.2) is 4.98 Å². The van der Waals surface area contributed by atoms with E-state index in [0.717, 1.165) is 11.3 Å². The van der Waals surface area contributed by atoms with Crippen LogP contribution in [0.15, 0.2) is 54.2 Å². The number of carbonyl (C=O) groups excluding carboxylic acids is 2. The zero-order valence-electron chi connectivity index (χ0n) is 13.6. The molecule has 0 unspecified atom stereocenters. The van der Waals surface area contributed by atoms with E-state index in [1.807, 2.05) is 17.5 Å². The number of halogens is 1. The Morgan fingerprint density at radius 1 is 1.08 bits per heavy atom. The molecular formula is C18H15ClN4O2S. The van der Waals surface area contributed by atoms with Gasteiger partial charge in [-0.3, -0.25) is 14.6 Å². The fourth-order valence-electron chi connectivity index (χ4n) is 2.16. The Labute approximate surface area is 159 Å². The number of pyridine rings is 1. The van der Waals surface area contributed by atoms with Gasteiger partial charge in [0, 0.05) is 46.9 Å². The van der Waals surface area contributed by atoms with Crippen molar-refractivity contribution < 1.29 is 9.59 Å². The maximum atomic E-state index is 12.0. The van der Waals surface area contributed by atoms with Crippen molar-refractivity contribution in [1.82, 2.24) is 15.3 Å². The number of aromatic nitrogens is 2. The number of hydrogen-bond donors (Lipinski definition) is 2. The van der Waals surface area contributed by atoms with Gasteiger partial charge in [0.05, 0.1) is 5.69 Å². The van der Waals surface area contributed by atoms with Gasteiger partial charge in [0.1, 0.15) is 0 Å². The van der Waals surface area contributed by atoms with E-state index in [1.165, 1.54) is 11.3 Å². The number of thiazole rings is 1. The van der Waals surface area contributed by atoms with Crippen molar-refractivity contribution in [1.29, 1.82) is 0 Å². The standard InChI is InChI=1S/C18H15ClN4O2S/c19-14-3-1-13(2-4-14)17(25)21-10-7-16(24)23-18-22-15(11-26-18)12-5-8-20-9-6-12/h1-6,8-9,11H,7,10H2,(H,21,25)(H,22,23,24). The predicted molar refractivity (Wildman–Crippen MR) is 102 cm³/mol. The molecule has 0 saturated carbocycles. The Morgan fingerprint density at radius 3 is 2.54 bits per heavy atom. The molecule has 0 fully saturated rings. The van der Waals surface area contributed by atoms with Crippen LogP contribution >= 0.6 is 22.9 Å². The Kier molecular flexibility index (Phi) is 5.93. The number of anilines is 1. The van der Waals surface area contributed by atoms with Crippen LogP contribution in [0.1, 0.15) is 16.8 Å². The van der Waals surface area contributed by atoms with E-state index >= 15 is 0 Å². The summed E-state index contributed by atoms with van der Waals surface area (Å²) in [5, 5.41) is 8.39. The molecule has 0 aliphatic carbocycles. The smallest absolute Gasteiger partial charge is 0.251 e. The van der Waals surface area contributed by atoms with E-state index < -0.39 is 0 Å². The molecule has 8 heteroatoms. The zero-order chi connectivity index (χ0) is 18.4. The molecule has 2 heterocycles. The van der Waals surface area contributed by atoms with Gasteiger partial charge in [-0.15, -0.1) is 11.3 Å². The van der Waals surface area contributed by atoms with Crippen LogP contribution in [0.3, 0.4) is 0 Å². The monoisotopic (exact) mass is 386 g/mol. The summed E-state index contributed by atoms with van der Waals surface area (Å²) in [6.07, 6.45) is 3.54. The maximum Gasteiger partial charge on any atom is 0.251 e. The SMILES string of the molecule is O=C(CCNC(=O)c1ccc(Cl)cc1)Nc1nc(-c2ccncc2)cs1. The van der Waals surface area contributed by atoms with E-state index in [9.17, 15) is 9.59 Å². The van der Waals surface area contributed by atoms with E-state index in [2.05, 4.69) is 20.6 Å². The molecular weight excluding hydrogens is 372 g/mol. The van der Waals surface area contributed by atoms with Gasteiger partial charge in [-0.2, -0.15) is 0 Å². The number of carbonyl (C=O) groups is 2. The summed E-state index contributed by atoms with van der Waals surface area (Å²) in [4.78, 5) is 32.3. The first-order valence-electron chi connectivity index (χ1n) is 7.81. The summed E-state index contributed by atoms with van der Waals surface area (Å²) in [5.41, 5.74) is 2.22. The number of benzene rings is 1. The molecule has 6 nitrogen and oxygen atoms in total. The van der Waals surface area contributed by atoms with Crippen LogP contribution in [0, 0.1) is 0 Å². The zero-order valence-corrected chi connectivity index (χ0v) is 15.2. The van der Waals surface area contributed by atoms with Crippen LogP contribution in [0.5, 0.6) is 0 Å². The van der Waals surface area contributed by atoms with Crippen LogP contribution in [-0.4, -0.2) is 28.3 Å². The molecule has 0 aliphatic rings. The molecule has 3 rings (SSSR count). The van der Waals surface area contributed by atoms with Crippen LogP contribution in [0.2, 0.25) is 5.02 Å². The molecule has 0 radical (unpaired) electrons. The van der Waals surface area contributed by atoms with E-state index in [0.29, 0.717) is 15.7 Å². The lowest BCUT2D eigenvalue weighted by Crippen LogP contribution is -2.27. The summed E-state index contributed by atoms with van der Waals surface area (Å²) < 4.78 is 0. The number of rotatable bonds is 6. The quantitative estimate of drug-likeness (QED) is 0.677. The normalized spacial score (nSPS) is 10.3. The van der Waals surface area contributed by atoms with Crippen LogP contribution in [-0.2, 0) is 4.79 Å². The summed E-state index contributed by atoms with van der Waals surface area (Å²) in [7, 11) is 0. The molecule has 2 amide bonds. The highest BCUT2D eigenvalue weighted by molar-refractivity contribution is 7.14. The van der Waals surface area contributed by atoms with Gasteiger partial charge in [0.15, 0.2) is 5.13 Å². The van der Waals surface area contributed by atoms with Gasteiger partial charge in [0.25, 0.3) is 5.91 Å². The highest BCUT2D eigenvalue weighted by Gasteiger charge is 2.09. The topological polar surface area (TPSA) is 84.0 Å². The van der Waals surface area contributed by atoms with Gasteiger partial charge >= 0.3 is 0 Å². The van der Waals surface area contributed by atoms with Crippen molar-refractivity contribution in [3.05, 3.63) is 64.8 Å². The lowest BCUT2D eigenvalue weighted by molar-refractivity contribution is -0.116. The van der Waals surface area contributed by atoms with Gasteiger partial charge in [-0.1, -0.05) is 11.6 Å². The molecule has 26 heavy (non-hydrogen) atoms. The second kappa shape index (κ2) is 8.55. The van der Waals surface area contributed by atoms with Gasteiger partial charge < -0.3 is 10.6 Å². The minimum Gasteiger partial charge on any atom is -0.352 e. The van der Waals surface area contributed by atoms with E-state index in [1.54, 1.807) is 36.7 Å². The molecule has 2 N–H and O–H groups in total. The van der Waals surface area contributed by atoms with E-state index in [4.69, 9.17) is 11.6 Å². The summed E-state index contributed by atoms with van der Waals surface area (Å²) in [5.74, 6) is -0.458. The Hall–Kier alpha value is -2.77.